The average Bonchev–Trinajstić information content (AvgIpc) is 3.47. The van der Waals surface area contributed by atoms with Crippen molar-refractivity contribution in [3.63, 3.8) is 0 Å². The van der Waals surface area contributed by atoms with E-state index in [1.807, 2.05) is 0 Å². The van der Waals surface area contributed by atoms with E-state index in [1.54, 1.807) is 29.1 Å². The Morgan fingerprint density at radius 2 is 1.74 bits per heavy atom. The van der Waals surface area contributed by atoms with Crippen LogP contribution in [-0.4, -0.2) is 41.5 Å². The number of amides is 1. The molecule has 0 atom stereocenters. The van der Waals surface area contributed by atoms with Crippen LogP contribution in [0.4, 0.5) is 5.82 Å². The Morgan fingerprint density at radius 3 is 2.45 bits per heavy atom. The topological polar surface area (TPSA) is 84.3 Å². The number of hydrogen-bond donors (Lipinski definition) is 1. The maximum atomic E-state index is 12.8. The highest BCUT2D eigenvalue weighted by Crippen LogP contribution is 2.22. The molecule has 3 aromatic rings. The fraction of sp³-hybridized carbons (Fsp3) is 0.304. The lowest BCUT2D eigenvalue weighted by molar-refractivity contribution is 0.102. The van der Waals surface area contributed by atoms with Crippen LogP contribution in [0.15, 0.2) is 65.7 Å². The highest BCUT2D eigenvalue weighted by Gasteiger charge is 2.27. The second-order valence-electron chi connectivity index (χ2n) is 7.64. The highest BCUT2D eigenvalue weighted by atomic mass is 32.2. The molecule has 1 aliphatic rings. The quantitative estimate of drug-likeness (QED) is 0.612. The molecule has 0 radical (unpaired) electrons. The number of aryl methyl sites for hydroxylation is 1. The summed E-state index contributed by atoms with van der Waals surface area (Å²) in [6.07, 6.45) is 4.34. The number of sulfonamides is 1. The number of benzene rings is 2. The average molecular weight is 439 g/mol. The summed E-state index contributed by atoms with van der Waals surface area (Å²) in [4.78, 5) is 13.0. The summed E-state index contributed by atoms with van der Waals surface area (Å²) in [5, 5.41) is 7.16. The number of aromatic nitrogens is 2. The third-order valence-electron chi connectivity index (χ3n) is 5.52. The van der Waals surface area contributed by atoms with Crippen LogP contribution in [-0.2, 0) is 23.0 Å². The van der Waals surface area contributed by atoms with Gasteiger partial charge in [-0.3, -0.25) is 4.79 Å². The van der Waals surface area contributed by atoms with Gasteiger partial charge in [0.2, 0.25) is 10.0 Å². The predicted molar refractivity (Wildman–Crippen MR) is 120 cm³/mol. The molecule has 1 N–H and O–H groups in total. The number of anilines is 1. The number of nitrogens with zero attached hydrogens (tertiary/aromatic N) is 3. The van der Waals surface area contributed by atoms with Gasteiger partial charge in [-0.15, -0.1) is 0 Å². The fourth-order valence-corrected chi connectivity index (χ4v) is 5.25. The van der Waals surface area contributed by atoms with E-state index in [2.05, 4.69) is 41.6 Å². The standard InChI is InChI=1S/C23H26N4O3S/c1-2-18-8-10-19(11-9-18)17-27-22(12-13-24-27)25-23(28)20-6-5-7-21(16-20)31(29,30)26-14-3-4-15-26/h5-13,16H,2-4,14-15,17H2,1H3,(H,25,28). The molecule has 0 bridgehead atoms. The zero-order valence-corrected chi connectivity index (χ0v) is 18.3. The molecular formula is C23H26N4O3S. The van der Waals surface area contributed by atoms with E-state index >= 15 is 0 Å². The van der Waals surface area contributed by atoms with Crippen molar-refractivity contribution in [2.45, 2.75) is 37.6 Å². The zero-order valence-electron chi connectivity index (χ0n) is 17.5. The van der Waals surface area contributed by atoms with Gasteiger partial charge in [-0.1, -0.05) is 37.3 Å². The van der Waals surface area contributed by atoms with Gasteiger partial charge in [0.1, 0.15) is 5.82 Å². The third-order valence-corrected chi connectivity index (χ3v) is 7.42. The molecule has 0 unspecified atom stereocenters. The Bertz CT molecular complexity index is 1160. The Hall–Kier alpha value is -2.97. The number of rotatable bonds is 7. The van der Waals surface area contributed by atoms with Crippen LogP contribution in [0.5, 0.6) is 0 Å². The molecule has 8 heteroatoms. The van der Waals surface area contributed by atoms with Gasteiger partial charge in [0.25, 0.3) is 5.91 Å². The van der Waals surface area contributed by atoms with Crippen molar-refractivity contribution in [3.05, 3.63) is 77.5 Å². The zero-order chi connectivity index (χ0) is 21.8. The minimum atomic E-state index is -3.58. The van der Waals surface area contributed by atoms with E-state index in [0.29, 0.717) is 31.0 Å². The third kappa shape index (κ3) is 4.70. The van der Waals surface area contributed by atoms with E-state index in [0.717, 1.165) is 24.8 Å². The first-order valence-corrected chi connectivity index (χ1v) is 11.9. The van der Waals surface area contributed by atoms with Crippen LogP contribution in [0.1, 0.15) is 41.3 Å². The van der Waals surface area contributed by atoms with Crippen molar-refractivity contribution < 1.29 is 13.2 Å². The van der Waals surface area contributed by atoms with Gasteiger partial charge in [0.15, 0.2) is 0 Å². The Labute approximate surface area is 182 Å². The molecule has 1 saturated heterocycles. The molecule has 31 heavy (non-hydrogen) atoms. The van der Waals surface area contributed by atoms with Gasteiger partial charge < -0.3 is 5.32 Å². The summed E-state index contributed by atoms with van der Waals surface area (Å²) in [6.45, 7) is 3.69. The summed E-state index contributed by atoms with van der Waals surface area (Å²) in [5.74, 6) is 0.180. The van der Waals surface area contributed by atoms with E-state index in [-0.39, 0.29) is 10.8 Å². The largest absolute Gasteiger partial charge is 0.307 e. The summed E-state index contributed by atoms with van der Waals surface area (Å²) in [7, 11) is -3.58. The molecule has 2 aromatic carbocycles. The summed E-state index contributed by atoms with van der Waals surface area (Å²) in [6, 6.07) is 16.2. The Kier molecular flexibility index (Phi) is 6.20. The van der Waals surface area contributed by atoms with Gasteiger partial charge in [0, 0.05) is 24.7 Å². The highest BCUT2D eigenvalue weighted by molar-refractivity contribution is 7.89. The Balaban J connectivity index is 1.50. The molecule has 1 aromatic heterocycles. The fourth-order valence-electron chi connectivity index (χ4n) is 3.68. The van der Waals surface area contributed by atoms with Crippen molar-refractivity contribution in [3.8, 4) is 0 Å². The van der Waals surface area contributed by atoms with Gasteiger partial charge in [-0.05, 0) is 48.6 Å². The van der Waals surface area contributed by atoms with Crippen molar-refractivity contribution in [2.24, 2.45) is 0 Å². The van der Waals surface area contributed by atoms with Crippen LogP contribution >= 0.6 is 0 Å². The summed E-state index contributed by atoms with van der Waals surface area (Å²) < 4.78 is 28.8. The first kappa shape index (κ1) is 21.3. The normalized spacial score (nSPS) is 14.6. The van der Waals surface area contributed by atoms with Crippen LogP contribution in [0.3, 0.4) is 0 Å². The van der Waals surface area contributed by atoms with Crippen LogP contribution in [0.2, 0.25) is 0 Å². The maximum absolute atomic E-state index is 12.8. The maximum Gasteiger partial charge on any atom is 0.256 e. The van der Waals surface area contributed by atoms with E-state index < -0.39 is 10.0 Å². The molecule has 0 saturated carbocycles. The second kappa shape index (κ2) is 9.03. The summed E-state index contributed by atoms with van der Waals surface area (Å²) >= 11 is 0. The molecule has 4 rings (SSSR count). The SMILES string of the molecule is CCc1ccc(Cn2nccc2NC(=O)c2cccc(S(=O)(=O)N3CCCC3)c2)cc1. The number of carbonyl (C=O) groups excluding carboxylic acids is 1. The molecule has 0 aliphatic carbocycles. The molecule has 2 heterocycles. The van der Waals surface area contributed by atoms with Gasteiger partial charge in [-0.25, -0.2) is 13.1 Å². The first-order valence-electron chi connectivity index (χ1n) is 10.5. The van der Waals surface area contributed by atoms with Crippen molar-refractivity contribution in [1.29, 1.82) is 0 Å². The van der Waals surface area contributed by atoms with Crippen molar-refractivity contribution >= 4 is 21.7 Å². The summed E-state index contributed by atoms with van der Waals surface area (Å²) in [5.41, 5.74) is 2.64. The van der Waals surface area contributed by atoms with Crippen LogP contribution in [0, 0.1) is 0 Å². The molecule has 0 spiro atoms. The minimum Gasteiger partial charge on any atom is -0.307 e. The van der Waals surface area contributed by atoms with Gasteiger partial charge in [0.05, 0.1) is 17.6 Å². The van der Waals surface area contributed by atoms with E-state index in [9.17, 15) is 13.2 Å². The molecule has 1 amide bonds. The molecule has 1 aliphatic heterocycles. The van der Waals surface area contributed by atoms with Crippen molar-refractivity contribution in [1.82, 2.24) is 14.1 Å². The molecule has 1 fully saturated rings. The minimum absolute atomic E-state index is 0.145. The molecule has 7 nitrogen and oxygen atoms in total. The number of nitrogens with one attached hydrogen (secondary N) is 1. The lowest BCUT2D eigenvalue weighted by Crippen LogP contribution is -2.28. The number of hydrogen-bond acceptors (Lipinski definition) is 4. The lowest BCUT2D eigenvalue weighted by atomic mass is 10.1. The van der Waals surface area contributed by atoms with Gasteiger partial charge >= 0.3 is 0 Å². The van der Waals surface area contributed by atoms with Crippen molar-refractivity contribution in [2.75, 3.05) is 18.4 Å². The van der Waals surface area contributed by atoms with Crippen LogP contribution < -0.4 is 5.32 Å². The molecule has 162 valence electrons. The first-order chi connectivity index (χ1) is 15.0. The monoisotopic (exact) mass is 438 g/mol. The Morgan fingerprint density at radius 1 is 1.03 bits per heavy atom. The predicted octanol–water partition coefficient (Wildman–Crippen LogP) is 3.53. The van der Waals surface area contributed by atoms with E-state index in [1.165, 1.54) is 22.0 Å². The smallest absolute Gasteiger partial charge is 0.256 e. The van der Waals surface area contributed by atoms with Crippen LogP contribution in [0.25, 0.3) is 0 Å². The second-order valence-corrected chi connectivity index (χ2v) is 9.58. The molecular weight excluding hydrogens is 412 g/mol. The lowest BCUT2D eigenvalue weighted by Gasteiger charge is -2.16. The van der Waals surface area contributed by atoms with Gasteiger partial charge in [-0.2, -0.15) is 9.40 Å². The number of carbonyl (C=O) groups is 1. The van der Waals surface area contributed by atoms with E-state index in [4.69, 9.17) is 0 Å².